The summed E-state index contributed by atoms with van der Waals surface area (Å²) in [5.74, 6) is -0.232. The molecule has 0 fully saturated rings. The molecule has 0 spiro atoms. The SMILES string of the molecule is COc1ccc(NC(=O)N2CCc3c(c(COc4ccc(F)cc4)nn3C)C2)cc1F. The molecular formula is C22H22F2N4O3. The highest BCUT2D eigenvalue weighted by molar-refractivity contribution is 5.89. The second-order valence-corrected chi connectivity index (χ2v) is 7.19. The van der Waals surface area contributed by atoms with Crippen molar-refractivity contribution in [3.63, 3.8) is 0 Å². The van der Waals surface area contributed by atoms with E-state index in [1.54, 1.807) is 27.8 Å². The van der Waals surface area contributed by atoms with E-state index >= 15 is 0 Å². The van der Waals surface area contributed by atoms with Crippen LogP contribution in [0.15, 0.2) is 42.5 Å². The van der Waals surface area contributed by atoms with Crippen LogP contribution in [0.3, 0.4) is 0 Å². The number of aromatic nitrogens is 2. The van der Waals surface area contributed by atoms with Gasteiger partial charge in [-0.1, -0.05) is 0 Å². The maximum absolute atomic E-state index is 13.9. The number of ether oxygens (including phenoxy) is 2. The van der Waals surface area contributed by atoms with Gasteiger partial charge in [-0.3, -0.25) is 4.68 Å². The number of methoxy groups -OCH3 is 1. The van der Waals surface area contributed by atoms with E-state index in [1.165, 1.54) is 31.4 Å². The molecule has 0 aliphatic carbocycles. The predicted octanol–water partition coefficient (Wildman–Crippen LogP) is 3.88. The largest absolute Gasteiger partial charge is 0.494 e. The highest BCUT2D eigenvalue weighted by Crippen LogP contribution is 2.25. The molecule has 1 aliphatic heterocycles. The van der Waals surface area contributed by atoms with Gasteiger partial charge in [-0.2, -0.15) is 5.10 Å². The lowest BCUT2D eigenvalue weighted by atomic mass is 10.1. The van der Waals surface area contributed by atoms with Crippen molar-refractivity contribution >= 4 is 11.7 Å². The van der Waals surface area contributed by atoms with Gasteiger partial charge in [0.2, 0.25) is 0 Å². The number of nitrogens with one attached hydrogen (secondary N) is 1. The zero-order valence-corrected chi connectivity index (χ0v) is 17.2. The number of hydrogen-bond donors (Lipinski definition) is 1. The van der Waals surface area contributed by atoms with Crippen LogP contribution in [-0.4, -0.2) is 34.4 Å². The molecule has 2 amide bonds. The average molecular weight is 428 g/mol. The van der Waals surface area contributed by atoms with E-state index in [1.807, 2.05) is 7.05 Å². The minimum absolute atomic E-state index is 0.113. The monoisotopic (exact) mass is 428 g/mol. The molecule has 0 saturated heterocycles. The number of nitrogens with zero attached hydrogens (tertiary/aromatic N) is 3. The number of carbonyl (C=O) groups excluding carboxylic acids is 1. The molecule has 0 radical (unpaired) electrons. The molecule has 1 aromatic heterocycles. The topological polar surface area (TPSA) is 68.6 Å². The normalized spacial score (nSPS) is 13.0. The molecular weight excluding hydrogens is 406 g/mol. The molecule has 162 valence electrons. The van der Waals surface area contributed by atoms with Gasteiger partial charge in [-0.05, 0) is 36.4 Å². The molecule has 0 bridgehead atoms. The van der Waals surface area contributed by atoms with Crippen molar-refractivity contribution in [2.24, 2.45) is 7.05 Å². The maximum atomic E-state index is 13.9. The Balaban J connectivity index is 1.45. The summed E-state index contributed by atoms with van der Waals surface area (Å²) in [7, 11) is 3.24. The summed E-state index contributed by atoms with van der Waals surface area (Å²) >= 11 is 0. The second kappa shape index (κ2) is 8.63. The second-order valence-electron chi connectivity index (χ2n) is 7.19. The molecule has 9 heteroatoms. The van der Waals surface area contributed by atoms with Gasteiger partial charge in [-0.15, -0.1) is 0 Å². The minimum atomic E-state index is -0.547. The van der Waals surface area contributed by atoms with Gasteiger partial charge in [0, 0.05) is 43.0 Å². The minimum Gasteiger partial charge on any atom is -0.494 e. The Morgan fingerprint density at radius 2 is 1.97 bits per heavy atom. The number of rotatable bonds is 5. The predicted molar refractivity (Wildman–Crippen MR) is 110 cm³/mol. The lowest BCUT2D eigenvalue weighted by Crippen LogP contribution is -2.39. The fourth-order valence-electron chi connectivity index (χ4n) is 3.59. The average Bonchev–Trinajstić information content (AvgIpc) is 3.08. The number of fused-ring (bicyclic) bond motifs is 1. The van der Waals surface area contributed by atoms with Gasteiger partial charge in [0.05, 0.1) is 13.7 Å². The Labute approximate surface area is 178 Å². The summed E-state index contributed by atoms with van der Waals surface area (Å²) in [5, 5.41) is 7.25. The van der Waals surface area contributed by atoms with Gasteiger partial charge in [0.1, 0.15) is 23.9 Å². The summed E-state index contributed by atoms with van der Waals surface area (Å²) in [6.07, 6.45) is 0.639. The van der Waals surface area contributed by atoms with E-state index in [0.29, 0.717) is 30.9 Å². The van der Waals surface area contributed by atoms with E-state index in [2.05, 4.69) is 10.4 Å². The quantitative estimate of drug-likeness (QED) is 0.670. The number of anilines is 1. The van der Waals surface area contributed by atoms with Crippen molar-refractivity contribution in [3.8, 4) is 11.5 Å². The van der Waals surface area contributed by atoms with Gasteiger partial charge >= 0.3 is 6.03 Å². The number of urea groups is 1. The number of benzene rings is 2. The van der Waals surface area contributed by atoms with Crippen molar-refractivity contribution < 1.29 is 23.0 Å². The molecule has 1 N–H and O–H groups in total. The Morgan fingerprint density at radius 1 is 1.19 bits per heavy atom. The van der Waals surface area contributed by atoms with Crippen molar-refractivity contribution in [1.82, 2.24) is 14.7 Å². The fourth-order valence-corrected chi connectivity index (χ4v) is 3.59. The molecule has 0 atom stereocenters. The molecule has 2 aromatic carbocycles. The zero-order chi connectivity index (χ0) is 22.0. The number of aryl methyl sites for hydroxylation is 1. The van der Waals surface area contributed by atoms with Crippen LogP contribution in [0.25, 0.3) is 0 Å². The molecule has 3 aromatic rings. The third-order valence-corrected chi connectivity index (χ3v) is 5.21. The number of hydrogen-bond acceptors (Lipinski definition) is 4. The summed E-state index contributed by atoms with van der Waals surface area (Å²) in [5.41, 5.74) is 3.03. The Kier molecular flexibility index (Phi) is 5.75. The van der Waals surface area contributed by atoms with Crippen molar-refractivity contribution in [2.45, 2.75) is 19.6 Å². The lowest BCUT2D eigenvalue weighted by molar-refractivity contribution is 0.205. The third-order valence-electron chi connectivity index (χ3n) is 5.21. The Hall–Kier alpha value is -3.62. The van der Waals surface area contributed by atoms with Crippen LogP contribution in [-0.2, 0) is 26.6 Å². The smallest absolute Gasteiger partial charge is 0.322 e. The van der Waals surface area contributed by atoms with Crippen LogP contribution in [0, 0.1) is 11.6 Å². The van der Waals surface area contributed by atoms with Crippen LogP contribution in [0.4, 0.5) is 19.3 Å². The van der Waals surface area contributed by atoms with Crippen LogP contribution in [0.5, 0.6) is 11.5 Å². The summed E-state index contributed by atoms with van der Waals surface area (Å²) in [6.45, 7) is 1.07. The lowest BCUT2D eigenvalue weighted by Gasteiger charge is -2.28. The van der Waals surface area contributed by atoms with E-state index in [0.717, 1.165) is 17.0 Å². The van der Waals surface area contributed by atoms with Crippen LogP contribution in [0.1, 0.15) is 17.0 Å². The highest BCUT2D eigenvalue weighted by atomic mass is 19.1. The standard InChI is InChI=1S/C22H22F2N4O3/c1-27-20-9-10-28(22(29)25-15-5-8-21(30-2)18(24)11-15)12-17(20)19(26-27)13-31-16-6-3-14(23)4-7-16/h3-8,11H,9-10,12-13H2,1-2H3,(H,25,29). The summed E-state index contributed by atoms with van der Waals surface area (Å²) in [4.78, 5) is 14.4. The maximum Gasteiger partial charge on any atom is 0.322 e. The van der Waals surface area contributed by atoms with Crippen molar-refractivity contribution in [2.75, 3.05) is 19.0 Å². The first-order valence-electron chi connectivity index (χ1n) is 9.76. The fraction of sp³-hybridized carbons (Fsp3) is 0.273. The first-order chi connectivity index (χ1) is 14.9. The van der Waals surface area contributed by atoms with Gasteiger partial charge < -0.3 is 19.7 Å². The van der Waals surface area contributed by atoms with Crippen molar-refractivity contribution in [3.05, 3.63) is 71.1 Å². The molecule has 0 unspecified atom stereocenters. The summed E-state index contributed by atoms with van der Waals surface area (Å²) < 4.78 is 39.4. The van der Waals surface area contributed by atoms with Gasteiger partial charge in [0.25, 0.3) is 0 Å². The Morgan fingerprint density at radius 3 is 2.68 bits per heavy atom. The van der Waals surface area contributed by atoms with E-state index in [9.17, 15) is 13.6 Å². The van der Waals surface area contributed by atoms with Crippen LogP contribution < -0.4 is 14.8 Å². The van der Waals surface area contributed by atoms with Gasteiger partial charge in [0.15, 0.2) is 11.6 Å². The zero-order valence-electron chi connectivity index (χ0n) is 17.2. The third kappa shape index (κ3) is 4.45. The van der Waals surface area contributed by atoms with Gasteiger partial charge in [-0.25, -0.2) is 13.6 Å². The van der Waals surface area contributed by atoms with Crippen molar-refractivity contribution in [1.29, 1.82) is 0 Å². The number of amides is 2. The molecule has 4 rings (SSSR count). The molecule has 0 saturated carbocycles. The summed E-state index contributed by atoms with van der Waals surface area (Å²) in [6, 6.07) is 9.71. The molecule has 7 nitrogen and oxygen atoms in total. The first kappa shape index (κ1) is 20.6. The van der Waals surface area contributed by atoms with Crippen LogP contribution in [0.2, 0.25) is 0 Å². The van der Waals surface area contributed by atoms with E-state index in [4.69, 9.17) is 9.47 Å². The number of halogens is 2. The number of carbonyl (C=O) groups is 1. The molecule has 31 heavy (non-hydrogen) atoms. The van der Waals surface area contributed by atoms with E-state index < -0.39 is 5.82 Å². The highest BCUT2D eigenvalue weighted by Gasteiger charge is 2.27. The first-order valence-corrected chi connectivity index (χ1v) is 9.76. The van der Waals surface area contributed by atoms with Crippen LogP contribution >= 0.6 is 0 Å². The molecule has 2 heterocycles. The molecule has 1 aliphatic rings. The Bertz CT molecular complexity index is 1100. The van der Waals surface area contributed by atoms with E-state index in [-0.39, 0.29) is 24.2 Å².